The van der Waals surface area contributed by atoms with E-state index in [0.717, 1.165) is 22.9 Å². The second kappa shape index (κ2) is 8.48. The van der Waals surface area contributed by atoms with Crippen LogP contribution in [0.25, 0.3) is 10.8 Å². The largest absolute Gasteiger partial charge is 0.338 e. The van der Waals surface area contributed by atoms with E-state index < -0.39 is 0 Å². The average molecular weight is 445 g/mol. The third-order valence-corrected chi connectivity index (χ3v) is 6.62. The van der Waals surface area contributed by atoms with Crippen molar-refractivity contribution in [2.75, 3.05) is 39.0 Å². The summed E-state index contributed by atoms with van der Waals surface area (Å²) >= 11 is 0. The normalized spacial score (nSPS) is 19.4. The number of nitrogens with one attached hydrogen (secondary N) is 1. The molecule has 0 saturated carbocycles. The van der Waals surface area contributed by atoms with E-state index in [-0.39, 0.29) is 35.8 Å². The van der Waals surface area contributed by atoms with Gasteiger partial charge in [-0.2, -0.15) is 0 Å². The predicted octanol–water partition coefficient (Wildman–Crippen LogP) is 2.76. The molecule has 2 aliphatic rings. The molecule has 33 heavy (non-hydrogen) atoms. The highest BCUT2D eigenvalue weighted by atomic mass is 16.2. The number of pyridine rings is 1. The molecule has 0 spiro atoms. The SMILES string of the molecule is CN(C)CC(=O)Nc1ccc2n(c1=O)C[C@@H]1C[C@@H]2CN(C(=O)c2ccc3ccccc3c2)C1. The molecule has 1 aromatic heterocycles. The fourth-order valence-electron chi connectivity index (χ4n) is 5.19. The first kappa shape index (κ1) is 21.4. The van der Waals surface area contributed by atoms with Crippen molar-refractivity contribution in [1.82, 2.24) is 14.4 Å². The van der Waals surface area contributed by atoms with E-state index in [0.29, 0.717) is 30.9 Å². The van der Waals surface area contributed by atoms with Gasteiger partial charge in [-0.15, -0.1) is 0 Å². The van der Waals surface area contributed by atoms with Crippen LogP contribution in [0.4, 0.5) is 5.69 Å². The molecule has 7 heteroatoms. The number of nitrogens with zero attached hydrogens (tertiary/aromatic N) is 3. The Morgan fingerprint density at radius 3 is 2.58 bits per heavy atom. The van der Waals surface area contributed by atoms with Gasteiger partial charge < -0.3 is 19.7 Å². The number of piperidine rings is 1. The first-order valence-electron chi connectivity index (χ1n) is 11.4. The molecule has 1 N–H and O–H groups in total. The van der Waals surface area contributed by atoms with Crippen molar-refractivity contribution in [2.24, 2.45) is 5.92 Å². The van der Waals surface area contributed by atoms with Gasteiger partial charge in [0, 0.05) is 36.8 Å². The second-order valence-corrected chi connectivity index (χ2v) is 9.44. The van der Waals surface area contributed by atoms with Gasteiger partial charge in [0.15, 0.2) is 0 Å². The summed E-state index contributed by atoms with van der Waals surface area (Å²) in [6, 6.07) is 17.5. The summed E-state index contributed by atoms with van der Waals surface area (Å²) in [6.07, 6.45) is 0.966. The summed E-state index contributed by atoms with van der Waals surface area (Å²) in [6.45, 7) is 2.00. The van der Waals surface area contributed by atoms with E-state index in [2.05, 4.69) is 5.32 Å². The van der Waals surface area contributed by atoms with Gasteiger partial charge in [0.1, 0.15) is 5.69 Å². The lowest BCUT2D eigenvalue weighted by molar-refractivity contribution is -0.116. The number of aromatic nitrogens is 1. The number of fused-ring (bicyclic) bond motifs is 5. The molecule has 2 aromatic carbocycles. The smallest absolute Gasteiger partial charge is 0.274 e. The average Bonchev–Trinajstić information content (AvgIpc) is 2.80. The van der Waals surface area contributed by atoms with E-state index in [1.165, 1.54) is 0 Å². The first-order valence-corrected chi connectivity index (χ1v) is 11.4. The summed E-state index contributed by atoms with van der Waals surface area (Å²) in [5, 5.41) is 4.92. The standard InChI is InChI=1S/C26H28N4O3/c1-28(2)16-24(31)27-22-9-10-23-21-11-17(14-30(23)26(22)33)13-29(15-21)25(32)20-8-7-18-5-3-4-6-19(18)12-20/h3-10,12,17,21H,11,13-16H2,1-2H3,(H,27,31)/t17-,21-/m1/s1. The maximum Gasteiger partial charge on any atom is 0.274 e. The number of amides is 2. The number of carbonyl (C=O) groups excluding carboxylic acids is 2. The number of rotatable bonds is 4. The number of hydrogen-bond donors (Lipinski definition) is 1. The van der Waals surface area contributed by atoms with E-state index >= 15 is 0 Å². The highest BCUT2D eigenvalue weighted by Crippen LogP contribution is 2.36. The molecule has 0 unspecified atom stereocenters. The lowest BCUT2D eigenvalue weighted by Gasteiger charge is -2.43. The second-order valence-electron chi connectivity index (χ2n) is 9.44. The molecule has 2 amide bonds. The molecule has 1 fully saturated rings. The van der Waals surface area contributed by atoms with Crippen LogP contribution in [0.2, 0.25) is 0 Å². The van der Waals surface area contributed by atoms with Crippen LogP contribution in [-0.2, 0) is 11.3 Å². The molecule has 1 saturated heterocycles. The molecule has 2 atom stereocenters. The van der Waals surface area contributed by atoms with Crippen molar-refractivity contribution in [3.63, 3.8) is 0 Å². The van der Waals surface area contributed by atoms with Crippen LogP contribution < -0.4 is 10.9 Å². The zero-order valence-electron chi connectivity index (χ0n) is 19.0. The molecule has 0 radical (unpaired) electrons. The molecule has 0 aliphatic carbocycles. The number of carbonyl (C=O) groups is 2. The van der Waals surface area contributed by atoms with Crippen LogP contribution in [0.1, 0.15) is 28.4 Å². The molecular formula is C26H28N4O3. The predicted molar refractivity (Wildman–Crippen MR) is 129 cm³/mol. The van der Waals surface area contributed by atoms with Crippen LogP contribution >= 0.6 is 0 Å². The Kier molecular flexibility index (Phi) is 5.50. The third-order valence-electron chi connectivity index (χ3n) is 6.62. The maximum atomic E-state index is 13.3. The molecule has 2 aliphatic heterocycles. The van der Waals surface area contributed by atoms with Gasteiger partial charge in [0.05, 0.1) is 6.54 Å². The molecule has 5 rings (SSSR count). The minimum absolute atomic E-state index is 0.0406. The monoisotopic (exact) mass is 444 g/mol. The van der Waals surface area contributed by atoms with Crippen molar-refractivity contribution >= 4 is 28.3 Å². The number of likely N-dealkylation sites (N-methyl/N-ethyl adjacent to an activating group) is 1. The van der Waals surface area contributed by atoms with Crippen LogP contribution in [0.3, 0.4) is 0 Å². The first-order chi connectivity index (χ1) is 15.9. The minimum Gasteiger partial charge on any atom is -0.338 e. The van der Waals surface area contributed by atoms with Crippen molar-refractivity contribution in [3.8, 4) is 0 Å². The van der Waals surface area contributed by atoms with E-state index in [1.54, 1.807) is 15.5 Å². The Morgan fingerprint density at radius 2 is 1.79 bits per heavy atom. The summed E-state index contributed by atoms with van der Waals surface area (Å²) in [5.41, 5.74) is 1.79. The maximum absolute atomic E-state index is 13.3. The van der Waals surface area contributed by atoms with Crippen LogP contribution in [0.5, 0.6) is 0 Å². The molecule has 3 aromatic rings. The van der Waals surface area contributed by atoms with Crippen molar-refractivity contribution in [3.05, 3.63) is 76.2 Å². The zero-order valence-corrected chi connectivity index (χ0v) is 19.0. The summed E-state index contributed by atoms with van der Waals surface area (Å²) in [5.74, 6) is 0.159. The highest BCUT2D eigenvalue weighted by molar-refractivity contribution is 5.98. The van der Waals surface area contributed by atoms with E-state index in [9.17, 15) is 14.4 Å². The van der Waals surface area contributed by atoms with E-state index in [4.69, 9.17) is 0 Å². The van der Waals surface area contributed by atoms with Gasteiger partial charge >= 0.3 is 0 Å². The summed E-state index contributed by atoms with van der Waals surface area (Å²) < 4.78 is 1.79. The van der Waals surface area contributed by atoms with Gasteiger partial charge in [-0.1, -0.05) is 30.3 Å². The van der Waals surface area contributed by atoms with Crippen LogP contribution in [0, 0.1) is 5.92 Å². The van der Waals surface area contributed by atoms with Gasteiger partial charge in [-0.05, 0) is 61.5 Å². The lowest BCUT2D eigenvalue weighted by atomic mass is 9.83. The van der Waals surface area contributed by atoms with Gasteiger partial charge in [0.25, 0.3) is 11.5 Å². The number of anilines is 1. The molecular weight excluding hydrogens is 416 g/mol. The fourth-order valence-corrected chi connectivity index (χ4v) is 5.19. The van der Waals surface area contributed by atoms with Crippen LogP contribution in [-0.4, -0.2) is 59.9 Å². The topological polar surface area (TPSA) is 74.7 Å². The van der Waals surface area contributed by atoms with Crippen LogP contribution in [0.15, 0.2) is 59.4 Å². The number of likely N-dealkylation sites (tertiary alicyclic amines) is 1. The molecule has 170 valence electrons. The van der Waals surface area contributed by atoms with Crippen molar-refractivity contribution in [2.45, 2.75) is 18.9 Å². The quantitative estimate of drug-likeness (QED) is 0.672. The fraction of sp³-hybridized carbons (Fsp3) is 0.346. The molecule has 3 heterocycles. The Morgan fingerprint density at radius 1 is 1.00 bits per heavy atom. The molecule has 2 bridgehead atoms. The van der Waals surface area contributed by atoms with Crippen molar-refractivity contribution < 1.29 is 9.59 Å². The Hall–Kier alpha value is -3.45. The Balaban J connectivity index is 1.37. The van der Waals surface area contributed by atoms with E-state index in [1.807, 2.05) is 67.5 Å². The van der Waals surface area contributed by atoms with Gasteiger partial charge in [-0.3, -0.25) is 14.4 Å². The number of benzene rings is 2. The van der Waals surface area contributed by atoms with Gasteiger partial charge in [-0.25, -0.2) is 0 Å². The highest BCUT2D eigenvalue weighted by Gasteiger charge is 2.37. The summed E-state index contributed by atoms with van der Waals surface area (Å²) in [7, 11) is 3.62. The van der Waals surface area contributed by atoms with Gasteiger partial charge in [0.2, 0.25) is 5.91 Å². The Labute approximate surface area is 192 Å². The Bertz CT molecular complexity index is 1300. The third kappa shape index (κ3) is 4.16. The summed E-state index contributed by atoms with van der Waals surface area (Å²) in [4.78, 5) is 42.2. The molecule has 7 nitrogen and oxygen atoms in total. The zero-order chi connectivity index (χ0) is 23.1. The number of hydrogen-bond acceptors (Lipinski definition) is 4. The minimum atomic E-state index is -0.208. The lowest BCUT2D eigenvalue weighted by Crippen LogP contribution is -2.49. The van der Waals surface area contributed by atoms with Crippen molar-refractivity contribution in [1.29, 1.82) is 0 Å².